The number of rotatable bonds is 1. The van der Waals surface area contributed by atoms with Gasteiger partial charge in [-0.2, -0.15) is 8.42 Å². The van der Waals surface area contributed by atoms with Crippen LogP contribution in [0.25, 0.3) is 0 Å². The van der Waals surface area contributed by atoms with Crippen molar-refractivity contribution in [3.05, 3.63) is 29.8 Å². The highest BCUT2D eigenvalue weighted by atomic mass is 32.2. The van der Waals surface area contributed by atoms with Gasteiger partial charge >= 0.3 is 0 Å². The van der Waals surface area contributed by atoms with Crippen molar-refractivity contribution in [1.29, 1.82) is 0 Å². The Bertz CT molecular complexity index is 614. The lowest BCUT2D eigenvalue weighted by molar-refractivity contribution is -1.01. The molecular formula is C17H26NO3S+. The Balaban J connectivity index is 0.000000131. The first-order valence-electron chi connectivity index (χ1n) is 8.31. The van der Waals surface area contributed by atoms with Crippen molar-refractivity contribution in [2.24, 2.45) is 5.92 Å². The largest absolute Gasteiger partial charge is 0.320 e. The summed E-state index contributed by atoms with van der Waals surface area (Å²) < 4.78 is 31.1. The number of hydrogen-bond donors (Lipinski definition) is 1. The third kappa shape index (κ3) is 3.07. The maximum Gasteiger partial charge on any atom is 0.294 e. The molecule has 0 amide bonds. The zero-order chi connectivity index (χ0) is 15.8. The van der Waals surface area contributed by atoms with Crippen LogP contribution in [0.4, 0.5) is 0 Å². The van der Waals surface area contributed by atoms with Crippen molar-refractivity contribution in [2.75, 3.05) is 19.6 Å². The molecule has 3 aliphatic rings. The van der Waals surface area contributed by atoms with E-state index in [0.29, 0.717) is 0 Å². The lowest BCUT2D eigenvalue weighted by Gasteiger charge is -2.63. The van der Waals surface area contributed by atoms with E-state index in [9.17, 15) is 8.42 Å². The molecule has 3 heterocycles. The molecule has 3 aliphatic heterocycles. The monoisotopic (exact) mass is 324 g/mol. The van der Waals surface area contributed by atoms with E-state index in [4.69, 9.17) is 4.55 Å². The van der Waals surface area contributed by atoms with E-state index >= 15 is 0 Å². The summed E-state index contributed by atoms with van der Waals surface area (Å²) in [7, 11) is -4.02. The summed E-state index contributed by atoms with van der Waals surface area (Å²) in [5, 5.41) is 0. The number of piperidine rings is 3. The van der Waals surface area contributed by atoms with E-state index in [1.54, 1.807) is 36.0 Å². The fraction of sp³-hybridized carbons (Fsp3) is 0.647. The zero-order valence-electron chi connectivity index (χ0n) is 13.2. The van der Waals surface area contributed by atoms with Crippen LogP contribution in [-0.4, -0.2) is 43.1 Å². The van der Waals surface area contributed by atoms with Gasteiger partial charge < -0.3 is 4.48 Å². The van der Waals surface area contributed by atoms with Gasteiger partial charge in [0.05, 0.1) is 36.5 Å². The van der Waals surface area contributed by atoms with Crippen molar-refractivity contribution in [3.8, 4) is 0 Å². The van der Waals surface area contributed by atoms with Crippen LogP contribution in [-0.2, 0) is 10.1 Å². The molecule has 1 spiro atoms. The summed E-state index contributed by atoms with van der Waals surface area (Å²) in [6.45, 7) is 6.46. The summed E-state index contributed by atoms with van der Waals surface area (Å²) in [4.78, 5) is -0.0666. The van der Waals surface area contributed by atoms with Crippen LogP contribution in [0.5, 0.6) is 0 Å². The molecule has 4 nitrogen and oxygen atoms in total. The molecule has 5 heteroatoms. The van der Waals surface area contributed by atoms with Gasteiger partial charge in [0.2, 0.25) is 0 Å². The second-order valence-electron chi connectivity index (χ2n) is 7.10. The van der Waals surface area contributed by atoms with Crippen LogP contribution in [0, 0.1) is 12.8 Å². The van der Waals surface area contributed by atoms with Crippen LogP contribution in [0.3, 0.4) is 0 Å². The van der Waals surface area contributed by atoms with Gasteiger partial charge in [0, 0.05) is 6.42 Å². The maximum absolute atomic E-state index is 10.5. The van der Waals surface area contributed by atoms with Crippen molar-refractivity contribution in [1.82, 2.24) is 0 Å². The van der Waals surface area contributed by atoms with Gasteiger partial charge in [-0.3, -0.25) is 4.55 Å². The summed E-state index contributed by atoms with van der Waals surface area (Å²) in [6, 6.07) is 7.12. The summed E-state index contributed by atoms with van der Waals surface area (Å²) in [5.74, 6) is 1.16. The molecule has 3 saturated heterocycles. The highest BCUT2D eigenvalue weighted by Gasteiger charge is 2.56. The van der Waals surface area contributed by atoms with E-state index in [2.05, 4.69) is 0 Å². The lowest BCUT2D eigenvalue weighted by atomic mass is 9.72. The average Bonchev–Trinajstić information content (AvgIpc) is 2.47. The molecule has 1 aromatic carbocycles. The quantitative estimate of drug-likeness (QED) is 0.638. The number of aryl methyl sites for hydroxylation is 1. The molecule has 22 heavy (non-hydrogen) atoms. The second kappa shape index (κ2) is 5.95. The Hall–Kier alpha value is -0.910. The van der Waals surface area contributed by atoms with E-state index in [1.807, 2.05) is 6.92 Å². The van der Waals surface area contributed by atoms with Crippen LogP contribution in [0.15, 0.2) is 29.2 Å². The van der Waals surface area contributed by atoms with Gasteiger partial charge in [-0.1, -0.05) is 17.7 Å². The molecule has 3 atom stereocenters. The molecule has 3 unspecified atom stereocenters. The Morgan fingerprint density at radius 3 is 2.32 bits per heavy atom. The Kier molecular flexibility index (Phi) is 4.32. The molecule has 0 aromatic heterocycles. The summed E-state index contributed by atoms with van der Waals surface area (Å²) in [5.41, 5.74) is 0.956. The Labute approximate surface area is 133 Å². The minimum absolute atomic E-state index is 0.0666. The molecule has 122 valence electrons. The van der Waals surface area contributed by atoms with Gasteiger partial charge in [0.15, 0.2) is 0 Å². The van der Waals surface area contributed by atoms with Crippen LogP contribution >= 0.6 is 0 Å². The lowest BCUT2D eigenvalue weighted by Crippen LogP contribution is -2.74. The van der Waals surface area contributed by atoms with Gasteiger partial charge in [-0.05, 0) is 44.7 Å². The summed E-state index contributed by atoms with van der Waals surface area (Å²) >= 11 is 0. The Morgan fingerprint density at radius 1 is 1.05 bits per heavy atom. The summed E-state index contributed by atoms with van der Waals surface area (Å²) in [6.07, 6.45) is 7.70. The van der Waals surface area contributed by atoms with Crippen molar-refractivity contribution in [2.45, 2.75) is 50.0 Å². The molecule has 0 saturated carbocycles. The molecule has 2 bridgehead atoms. The zero-order valence-corrected chi connectivity index (χ0v) is 14.1. The van der Waals surface area contributed by atoms with Crippen molar-refractivity contribution in [3.63, 3.8) is 0 Å². The van der Waals surface area contributed by atoms with Crippen LogP contribution in [0.2, 0.25) is 0 Å². The van der Waals surface area contributed by atoms with E-state index in [-0.39, 0.29) is 4.90 Å². The van der Waals surface area contributed by atoms with Crippen molar-refractivity contribution < 1.29 is 17.5 Å². The smallest absolute Gasteiger partial charge is 0.294 e. The first-order valence-corrected chi connectivity index (χ1v) is 9.75. The van der Waals surface area contributed by atoms with Crippen LogP contribution < -0.4 is 0 Å². The standard InChI is InChI=1S/C10H18N.C7H8O3S/c1-2-6-11-7-3-4-9(8-11)10(11)5-1;1-6-2-4-7(5-3-6)11(8,9)10/h9-10H,1-8H2;2-5H,1H3,(H,8,9,10)/q+1;. The fourth-order valence-corrected chi connectivity index (χ4v) is 5.09. The molecule has 1 N–H and O–H groups in total. The number of hydrogen-bond acceptors (Lipinski definition) is 2. The van der Waals surface area contributed by atoms with E-state index in [1.165, 1.54) is 44.5 Å². The molecule has 1 aromatic rings. The minimum atomic E-state index is -4.02. The fourth-order valence-electron chi connectivity index (χ4n) is 4.61. The predicted octanol–water partition coefficient (Wildman–Crippen LogP) is 3.02. The average molecular weight is 324 g/mol. The highest BCUT2D eigenvalue weighted by Crippen LogP contribution is 2.46. The normalized spacial score (nSPS) is 33.0. The first-order chi connectivity index (χ1) is 10.4. The third-order valence-electron chi connectivity index (χ3n) is 5.70. The maximum atomic E-state index is 10.5. The number of fused-ring (bicyclic) bond motifs is 2. The molecule has 0 aliphatic carbocycles. The number of benzene rings is 1. The number of nitrogens with zero attached hydrogens (tertiary/aromatic N) is 1. The van der Waals surface area contributed by atoms with E-state index in [0.717, 1.165) is 17.5 Å². The van der Waals surface area contributed by atoms with E-state index < -0.39 is 10.1 Å². The topological polar surface area (TPSA) is 54.4 Å². The second-order valence-corrected chi connectivity index (χ2v) is 8.52. The van der Waals surface area contributed by atoms with Crippen LogP contribution in [0.1, 0.15) is 37.7 Å². The Morgan fingerprint density at radius 2 is 1.73 bits per heavy atom. The minimum Gasteiger partial charge on any atom is -0.320 e. The molecule has 4 rings (SSSR count). The van der Waals surface area contributed by atoms with Gasteiger partial charge in [0.1, 0.15) is 0 Å². The molecular weight excluding hydrogens is 298 g/mol. The highest BCUT2D eigenvalue weighted by molar-refractivity contribution is 7.85. The first kappa shape index (κ1) is 16.0. The predicted molar refractivity (Wildman–Crippen MR) is 86.2 cm³/mol. The number of quaternary nitrogens is 1. The molecule has 0 radical (unpaired) electrons. The third-order valence-corrected chi connectivity index (χ3v) is 6.56. The SMILES string of the molecule is C1CC[N+]23CCCC(C2)C3C1.Cc1ccc(S(=O)(=O)O)cc1. The van der Waals surface area contributed by atoms with Gasteiger partial charge in [-0.25, -0.2) is 0 Å². The van der Waals surface area contributed by atoms with Gasteiger partial charge in [-0.15, -0.1) is 0 Å². The van der Waals surface area contributed by atoms with Gasteiger partial charge in [0.25, 0.3) is 10.1 Å². The van der Waals surface area contributed by atoms with Crippen molar-refractivity contribution >= 4 is 10.1 Å². The molecule has 3 fully saturated rings.